The van der Waals surface area contributed by atoms with E-state index >= 15 is 0 Å². The van der Waals surface area contributed by atoms with E-state index in [4.69, 9.17) is 4.74 Å². The second-order valence-electron chi connectivity index (χ2n) is 4.70. The van der Waals surface area contributed by atoms with Crippen molar-refractivity contribution in [2.24, 2.45) is 0 Å². The fourth-order valence-electron chi connectivity index (χ4n) is 1.85. The smallest absolute Gasteiger partial charge is 0.0720 e. The highest BCUT2D eigenvalue weighted by Gasteiger charge is 2.08. The Kier molecular flexibility index (Phi) is 6.90. The van der Waals surface area contributed by atoms with Crippen molar-refractivity contribution in [1.29, 1.82) is 0 Å². The van der Waals surface area contributed by atoms with E-state index in [0.717, 1.165) is 13.0 Å². The molecule has 2 unspecified atom stereocenters. The summed E-state index contributed by atoms with van der Waals surface area (Å²) in [6, 6.07) is 10.9. The van der Waals surface area contributed by atoms with Gasteiger partial charge in [-0.3, -0.25) is 0 Å². The first-order valence-electron chi connectivity index (χ1n) is 6.61. The van der Waals surface area contributed by atoms with Gasteiger partial charge in [0.15, 0.2) is 0 Å². The van der Waals surface area contributed by atoms with E-state index in [1.165, 1.54) is 12.0 Å². The number of hydrogen-bond acceptors (Lipinski definition) is 2. The predicted molar refractivity (Wildman–Crippen MR) is 73.1 cm³/mol. The Labute approximate surface area is 105 Å². The SMILES string of the molecule is CCCNC(C)CC(C)OCc1ccccc1. The van der Waals surface area contributed by atoms with Crippen molar-refractivity contribution in [2.75, 3.05) is 6.54 Å². The van der Waals surface area contributed by atoms with Crippen LogP contribution in [0.15, 0.2) is 30.3 Å². The van der Waals surface area contributed by atoms with Crippen LogP contribution < -0.4 is 5.32 Å². The molecule has 0 aromatic heterocycles. The molecule has 0 saturated carbocycles. The third-order valence-corrected chi connectivity index (χ3v) is 2.81. The maximum atomic E-state index is 5.84. The van der Waals surface area contributed by atoms with Crippen molar-refractivity contribution < 1.29 is 4.74 Å². The highest BCUT2D eigenvalue weighted by atomic mass is 16.5. The molecular weight excluding hydrogens is 210 g/mol. The van der Waals surface area contributed by atoms with E-state index in [1.54, 1.807) is 0 Å². The Hall–Kier alpha value is -0.860. The number of rotatable bonds is 8. The van der Waals surface area contributed by atoms with Crippen LogP contribution in [0.2, 0.25) is 0 Å². The maximum absolute atomic E-state index is 5.84. The van der Waals surface area contributed by atoms with Crippen LogP contribution in [0.4, 0.5) is 0 Å². The Morgan fingerprint density at radius 3 is 2.53 bits per heavy atom. The molecule has 0 aliphatic carbocycles. The molecule has 0 aliphatic heterocycles. The topological polar surface area (TPSA) is 21.3 Å². The van der Waals surface area contributed by atoms with Gasteiger partial charge >= 0.3 is 0 Å². The molecule has 17 heavy (non-hydrogen) atoms. The molecule has 1 rings (SSSR count). The summed E-state index contributed by atoms with van der Waals surface area (Å²) in [5.41, 5.74) is 1.24. The number of ether oxygens (including phenoxy) is 1. The van der Waals surface area contributed by atoms with Gasteiger partial charge in [0.2, 0.25) is 0 Å². The molecule has 0 fully saturated rings. The van der Waals surface area contributed by atoms with Crippen molar-refractivity contribution in [3.05, 3.63) is 35.9 Å². The Morgan fingerprint density at radius 1 is 1.18 bits per heavy atom. The molecule has 0 saturated heterocycles. The molecule has 0 bridgehead atoms. The van der Waals surface area contributed by atoms with Crippen LogP contribution in [0.1, 0.15) is 39.2 Å². The van der Waals surface area contributed by atoms with Crippen molar-refractivity contribution in [2.45, 2.75) is 52.4 Å². The molecule has 1 aromatic rings. The normalized spacial score (nSPS) is 14.5. The van der Waals surface area contributed by atoms with Crippen LogP contribution in [0.3, 0.4) is 0 Å². The van der Waals surface area contributed by atoms with Gasteiger partial charge in [-0.15, -0.1) is 0 Å². The summed E-state index contributed by atoms with van der Waals surface area (Å²) < 4.78 is 5.84. The van der Waals surface area contributed by atoms with Crippen LogP contribution in [0.5, 0.6) is 0 Å². The van der Waals surface area contributed by atoms with E-state index in [0.29, 0.717) is 18.8 Å². The highest BCUT2D eigenvalue weighted by molar-refractivity contribution is 5.13. The second-order valence-corrected chi connectivity index (χ2v) is 4.70. The lowest BCUT2D eigenvalue weighted by atomic mass is 10.1. The predicted octanol–water partition coefficient (Wildman–Crippen LogP) is 3.37. The average Bonchev–Trinajstić information content (AvgIpc) is 2.35. The highest BCUT2D eigenvalue weighted by Crippen LogP contribution is 2.07. The average molecular weight is 235 g/mol. The number of benzene rings is 1. The van der Waals surface area contributed by atoms with Gasteiger partial charge in [0, 0.05) is 6.04 Å². The Balaban J connectivity index is 2.19. The Bertz CT molecular complexity index is 286. The zero-order valence-corrected chi connectivity index (χ0v) is 11.3. The first-order chi connectivity index (χ1) is 8.22. The third kappa shape index (κ3) is 6.44. The summed E-state index contributed by atoms with van der Waals surface area (Å²) in [4.78, 5) is 0. The summed E-state index contributed by atoms with van der Waals surface area (Å²) in [6.45, 7) is 8.36. The van der Waals surface area contributed by atoms with Gasteiger partial charge in [-0.25, -0.2) is 0 Å². The lowest BCUT2D eigenvalue weighted by Gasteiger charge is -2.19. The summed E-state index contributed by atoms with van der Waals surface area (Å²) in [5.74, 6) is 0. The quantitative estimate of drug-likeness (QED) is 0.746. The summed E-state index contributed by atoms with van der Waals surface area (Å²) in [7, 11) is 0. The van der Waals surface area contributed by atoms with Crippen molar-refractivity contribution in [3.63, 3.8) is 0 Å². The van der Waals surface area contributed by atoms with Gasteiger partial charge in [0.05, 0.1) is 12.7 Å². The number of nitrogens with one attached hydrogen (secondary N) is 1. The van der Waals surface area contributed by atoms with E-state index in [-0.39, 0.29) is 0 Å². The first-order valence-corrected chi connectivity index (χ1v) is 6.61. The largest absolute Gasteiger partial charge is 0.374 e. The second kappa shape index (κ2) is 8.26. The zero-order chi connectivity index (χ0) is 12.5. The number of hydrogen-bond donors (Lipinski definition) is 1. The molecule has 0 aliphatic rings. The zero-order valence-electron chi connectivity index (χ0n) is 11.3. The third-order valence-electron chi connectivity index (χ3n) is 2.81. The van der Waals surface area contributed by atoms with Crippen LogP contribution >= 0.6 is 0 Å². The van der Waals surface area contributed by atoms with E-state index in [2.05, 4.69) is 50.4 Å². The van der Waals surface area contributed by atoms with Crippen LogP contribution in [-0.4, -0.2) is 18.7 Å². The molecule has 0 radical (unpaired) electrons. The lowest BCUT2D eigenvalue weighted by molar-refractivity contribution is 0.0419. The summed E-state index contributed by atoms with van der Waals surface area (Å²) in [5, 5.41) is 3.48. The summed E-state index contributed by atoms with van der Waals surface area (Å²) >= 11 is 0. The van der Waals surface area contributed by atoms with Crippen molar-refractivity contribution in [3.8, 4) is 0 Å². The van der Waals surface area contributed by atoms with E-state index < -0.39 is 0 Å². The summed E-state index contributed by atoms with van der Waals surface area (Å²) in [6.07, 6.45) is 2.55. The molecule has 2 heteroatoms. The molecule has 96 valence electrons. The Morgan fingerprint density at radius 2 is 1.88 bits per heavy atom. The molecule has 2 atom stereocenters. The van der Waals surface area contributed by atoms with Crippen molar-refractivity contribution in [1.82, 2.24) is 5.32 Å². The fraction of sp³-hybridized carbons (Fsp3) is 0.600. The monoisotopic (exact) mass is 235 g/mol. The van der Waals surface area contributed by atoms with Gasteiger partial charge in [-0.2, -0.15) is 0 Å². The van der Waals surface area contributed by atoms with Gasteiger partial charge < -0.3 is 10.1 Å². The van der Waals surface area contributed by atoms with Gasteiger partial charge in [-0.05, 0) is 38.8 Å². The minimum absolute atomic E-state index is 0.301. The minimum atomic E-state index is 0.301. The molecule has 0 amide bonds. The minimum Gasteiger partial charge on any atom is -0.374 e. The molecule has 1 aromatic carbocycles. The van der Waals surface area contributed by atoms with Crippen LogP contribution in [-0.2, 0) is 11.3 Å². The molecule has 0 spiro atoms. The van der Waals surface area contributed by atoms with Crippen molar-refractivity contribution >= 4 is 0 Å². The molecule has 1 N–H and O–H groups in total. The molecular formula is C15H25NO. The van der Waals surface area contributed by atoms with E-state index in [9.17, 15) is 0 Å². The van der Waals surface area contributed by atoms with E-state index in [1.807, 2.05) is 6.07 Å². The van der Waals surface area contributed by atoms with Crippen LogP contribution in [0.25, 0.3) is 0 Å². The first kappa shape index (κ1) is 14.2. The van der Waals surface area contributed by atoms with Gasteiger partial charge in [0.25, 0.3) is 0 Å². The maximum Gasteiger partial charge on any atom is 0.0720 e. The lowest BCUT2D eigenvalue weighted by Crippen LogP contribution is -2.30. The van der Waals surface area contributed by atoms with Gasteiger partial charge in [-0.1, -0.05) is 37.3 Å². The molecule has 2 nitrogen and oxygen atoms in total. The standard InChI is InChI=1S/C15H25NO/c1-4-10-16-13(2)11-14(3)17-12-15-8-6-5-7-9-15/h5-9,13-14,16H,4,10-12H2,1-3H3. The fourth-order valence-corrected chi connectivity index (χ4v) is 1.85. The van der Waals surface area contributed by atoms with Gasteiger partial charge in [0.1, 0.15) is 0 Å². The van der Waals surface area contributed by atoms with Crippen LogP contribution in [0, 0.1) is 0 Å². The molecule has 0 heterocycles.